The molecule has 112 valence electrons. The lowest BCUT2D eigenvalue weighted by atomic mass is 9.86. The molecular weight excluding hydrogens is 257 g/mol. The van der Waals surface area contributed by atoms with Gasteiger partial charge in [-0.05, 0) is 37.8 Å². The number of hydrogen-bond acceptors (Lipinski definition) is 3. The SMILES string of the molecule is CCCNC(c1cccc(OC)c1F)C1CCOCC1. The van der Waals surface area contributed by atoms with Crippen molar-refractivity contribution in [2.24, 2.45) is 5.92 Å². The van der Waals surface area contributed by atoms with Gasteiger partial charge in [-0.25, -0.2) is 4.39 Å². The number of benzene rings is 1. The Morgan fingerprint density at radius 2 is 2.15 bits per heavy atom. The molecule has 0 radical (unpaired) electrons. The van der Waals surface area contributed by atoms with Crippen LogP contribution in [0.2, 0.25) is 0 Å². The number of ether oxygens (including phenoxy) is 2. The Morgan fingerprint density at radius 3 is 2.80 bits per heavy atom. The molecule has 2 rings (SSSR count). The standard InChI is InChI=1S/C16H24FNO2/c1-3-9-18-16(12-7-10-20-11-8-12)13-5-4-6-14(19-2)15(13)17/h4-6,12,16,18H,3,7-11H2,1-2H3. The lowest BCUT2D eigenvalue weighted by Crippen LogP contribution is -2.33. The van der Waals surface area contributed by atoms with Crippen LogP contribution in [-0.2, 0) is 4.74 Å². The highest BCUT2D eigenvalue weighted by atomic mass is 19.1. The molecule has 1 aliphatic heterocycles. The summed E-state index contributed by atoms with van der Waals surface area (Å²) in [6.45, 7) is 4.54. The Balaban J connectivity index is 2.25. The molecule has 1 aromatic carbocycles. The molecule has 20 heavy (non-hydrogen) atoms. The van der Waals surface area contributed by atoms with Crippen LogP contribution in [0.25, 0.3) is 0 Å². The van der Waals surface area contributed by atoms with Crippen molar-refractivity contribution in [2.45, 2.75) is 32.2 Å². The van der Waals surface area contributed by atoms with Gasteiger partial charge >= 0.3 is 0 Å². The average Bonchev–Trinajstić information content (AvgIpc) is 2.50. The number of nitrogens with one attached hydrogen (secondary N) is 1. The number of methoxy groups -OCH3 is 1. The molecule has 0 saturated carbocycles. The topological polar surface area (TPSA) is 30.5 Å². The third-order valence-corrected chi connectivity index (χ3v) is 3.90. The first-order valence-corrected chi connectivity index (χ1v) is 7.41. The summed E-state index contributed by atoms with van der Waals surface area (Å²) >= 11 is 0. The van der Waals surface area contributed by atoms with E-state index in [0.29, 0.717) is 17.2 Å². The van der Waals surface area contributed by atoms with E-state index in [1.54, 1.807) is 6.07 Å². The van der Waals surface area contributed by atoms with Gasteiger partial charge in [0.25, 0.3) is 0 Å². The van der Waals surface area contributed by atoms with Crippen LogP contribution < -0.4 is 10.1 Å². The Hall–Kier alpha value is -1.13. The minimum absolute atomic E-state index is 0.0361. The zero-order valence-electron chi connectivity index (χ0n) is 12.3. The van der Waals surface area contributed by atoms with E-state index in [1.165, 1.54) is 7.11 Å². The first-order valence-electron chi connectivity index (χ1n) is 7.41. The summed E-state index contributed by atoms with van der Waals surface area (Å²) in [5.41, 5.74) is 0.713. The molecule has 1 heterocycles. The fourth-order valence-electron chi connectivity index (χ4n) is 2.81. The molecular formula is C16H24FNO2. The van der Waals surface area contributed by atoms with Crippen molar-refractivity contribution >= 4 is 0 Å². The van der Waals surface area contributed by atoms with Crippen molar-refractivity contribution in [1.82, 2.24) is 5.32 Å². The maximum absolute atomic E-state index is 14.5. The van der Waals surface area contributed by atoms with E-state index in [2.05, 4.69) is 12.2 Å². The van der Waals surface area contributed by atoms with Crippen LogP contribution in [0.4, 0.5) is 4.39 Å². The quantitative estimate of drug-likeness (QED) is 0.868. The third kappa shape index (κ3) is 3.49. The number of halogens is 1. The molecule has 0 aromatic heterocycles. The van der Waals surface area contributed by atoms with Crippen LogP contribution in [0.1, 0.15) is 37.8 Å². The molecule has 0 bridgehead atoms. The van der Waals surface area contributed by atoms with Gasteiger partial charge in [-0.1, -0.05) is 19.1 Å². The van der Waals surface area contributed by atoms with Crippen LogP contribution in [-0.4, -0.2) is 26.9 Å². The molecule has 4 heteroatoms. The summed E-state index contributed by atoms with van der Waals surface area (Å²) in [5.74, 6) is 0.491. The number of hydrogen-bond donors (Lipinski definition) is 1. The summed E-state index contributed by atoms with van der Waals surface area (Å²) in [7, 11) is 1.51. The summed E-state index contributed by atoms with van der Waals surface area (Å²) in [5, 5.41) is 3.50. The molecule has 3 nitrogen and oxygen atoms in total. The monoisotopic (exact) mass is 281 g/mol. The molecule has 0 aliphatic carbocycles. The van der Waals surface area contributed by atoms with Crippen molar-refractivity contribution in [3.8, 4) is 5.75 Å². The van der Waals surface area contributed by atoms with Gasteiger partial charge in [-0.2, -0.15) is 0 Å². The molecule has 1 unspecified atom stereocenters. The van der Waals surface area contributed by atoms with Gasteiger partial charge in [0.2, 0.25) is 0 Å². The van der Waals surface area contributed by atoms with Crippen molar-refractivity contribution in [3.63, 3.8) is 0 Å². The minimum atomic E-state index is -0.241. The van der Waals surface area contributed by atoms with E-state index in [0.717, 1.165) is 39.0 Å². The minimum Gasteiger partial charge on any atom is -0.494 e. The highest BCUT2D eigenvalue weighted by Gasteiger charge is 2.27. The molecule has 0 spiro atoms. The maximum atomic E-state index is 14.5. The Kier molecular flexibility index (Phi) is 5.80. The van der Waals surface area contributed by atoms with Crippen LogP contribution in [0.5, 0.6) is 5.75 Å². The summed E-state index contributed by atoms with van der Waals surface area (Å²) in [6, 6.07) is 5.42. The fraction of sp³-hybridized carbons (Fsp3) is 0.625. The van der Waals surface area contributed by atoms with Crippen molar-refractivity contribution < 1.29 is 13.9 Å². The van der Waals surface area contributed by atoms with Gasteiger partial charge in [0, 0.05) is 24.8 Å². The van der Waals surface area contributed by atoms with Gasteiger partial charge in [-0.3, -0.25) is 0 Å². The highest BCUT2D eigenvalue weighted by molar-refractivity contribution is 5.33. The summed E-state index contributed by atoms with van der Waals surface area (Å²) in [4.78, 5) is 0. The van der Waals surface area contributed by atoms with Crippen LogP contribution in [0.3, 0.4) is 0 Å². The van der Waals surface area contributed by atoms with Crippen molar-refractivity contribution in [1.29, 1.82) is 0 Å². The zero-order chi connectivity index (χ0) is 14.4. The van der Waals surface area contributed by atoms with Crippen molar-refractivity contribution in [3.05, 3.63) is 29.6 Å². The van der Waals surface area contributed by atoms with E-state index >= 15 is 0 Å². The predicted octanol–water partition coefficient (Wildman–Crippen LogP) is 3.30. The first kappa shape index (κ1) is 15.3. The second kappa shape index (κ2) is 7.60. The third-order valence-electron chi connectivity index (χ3n) is 3.90. The van der Waals surface area contributed by atoms with E-state index in [4.69, 9.17) is 9.47 Å². The van der Waals surface area contributed by atoms with Gasteiger partial charge < -0.3 is 14.8 Å². The van der Waals surface area contributed by atoms with E-state index < -0.39 is 0 Å². The van der Waals surface area contributed by atoms with Crippen molar-refractivity contribution in [2.75, 3.05) is 26.9 Å². The molecule has 1 aliphatic rings. The average molecular weight is 281 g/mol. The molecule has 1 N–H and O–H groups in total. The Labute approximate surface area is 120 Å². The largest absolute Gasteiger partial charge is 0.494 e. The normalized spacial score (nSPS) is 17.9. The zero-order valence-corrected chi connectivity index (χ0v) is 12.3. The van der Waals surface area contributed by atoms with E-state index in [9.17, 15) is 4.39 Å². The highest BCUT2D eigenvalue weighted by Crippen LogP contribution is 2.34. The van der Waals surface area contributed by atoms with Gasteiger partial charge in [-0.15, -0.1) is 0 Å². The lowest BCUT2D eigenvalue weighted by molar-refractivity contribution is 0.0531. The molecule has 1 saturated heterocycles. The Morgan fingerprint density at radius 1 is 1.40 bits per heavy atom. The molecule has 1 aromatic rings. The smallest absolute Gasteiger partial charge is 0.169 e. The summed E-state index contributed by atoms with van der Waals surface area (Å²) < 4.78 is 25.0. The predicted molar refractivity (Wildman–Crippen MR) is 77.5 cm³/mol. The van der Waals surface area contributed by atoms with Crippen LogP contribution >= 0.6 is 0 Å². The second-order valence-electron chi connectivity index (χ2n) is 5.25. The molecule has 0 amide bonds. The van der Waals surface area contributed by atoms with Gasteiger partial charge in [0.1, 0.15) is 0 Å². The van der Waals surface area contributed by atoms with Crippen LogP contribution in [0, 0.1) is 11.7 Å². The van der Waals surface area contributed by atoms with Gasteiger partial charge in [0.15, 0.2) is 11.6 Å². The lowest BCUT2D eigenvalue weighted by Gasteiger charge is -2.32. The van der Waals surface area contributed by atoms with E-state index in [1.807, 2.05) is 12.1 Å². The second-order valence-corrected chi connectivity index (χ2v) is 5.25. The summed E-state index contributed by atoms with van der Waals surface area (Å²) in [6.07, 6.45) is 2.97. The number of rotatable bonds is 6. The fourth-order valence-corrected chi connectivity index (χ4v) is 2.81. The van der Waals surface area contributed by atoms with Gasteiger partial charge in [0.05, 0.1) is 7.11 Å². The molecule has 1 fully saturated rings. The van der Waals surface area contributed by atoms with Crippen LogP contribution in [0.15, 0.2) is 18.2 Å². The maximum Gasteiger partial charge on any atom is 0.169 e. The van der Waals surface area contributed by atoms with E-state index in [-0.39, 0.29) is 11.9 Å². The first-order chi connectivity index (χ1) is 9.77. The molecule has 1 atom stereocenters. The Bertz CT molecular complexity index is 419.